The highest BCUT2D eigenvalue weighted by molar-refractivity contribution is 6.33. The smallest absolute Gasteiger partial charge is 0.258 e. The lowest BCUT2D eigenvalue weighted by Crippen LogP contribution is -2.43. The molecule has 1 aliphatic heterocycles. The molecule has 8 heteroatoms. The van der Waals surface area contributed by atoms with Crippen LogP contribution in [0.3, 0.4) is 0 Å². The molecule has 0 saturated carbocycles. The van der Waals surface area contributed by atoms with Crippen LogP contribution in [0.1, 0.15) is 23.2 Å². The van der Waals surface area contributed by atoms with E-state index < -0.39 is 11.9 Å². The SMILES string of the molecule is COc1ccc(Cl)cc1C(=O)N1CCC[C@@H]1C(=O)Nc1ccc(F)cc1Cl. The van der Waals surface area contributed by atoms with Gasteiger partial charge in [0.05, 0.1) is 23.4 Å². The fraction of sp³-hybridized carbons (Fsp3) is 0.263. The van der Waals surface area contributed by atoms with Gasteiger partial charge in [-0.25, -0.2) is 4.39 Å². The van der Waals surface area contributed by atoms with Crippen LogP contribution in [0.4, 0.5) is 10.1 Å². The van der Waals surface area contributed by atoms with Gasteiger partial charge in [-0.05, 0) is 49.2 Å². The zero-order valence-corrected chi connectivity index (χ0v) is 16.0. The number of halogens is 3. The highest BCUT2D eigenvalue weighted by Gasteiger charge is 2.35. The Balaban J connectivity index is 1.81. The van der Waals surface area contributed by atoms with Crippen LogP contribution in [0.25, 0.3) is 0 Å². The highest BCUT2D eigenvalue weighted by Crippen LogP contribution is 2.29. The third kappa shape index (κ3) is 4.17. The number of hydrogen-bond acceptors (Lipinski definition) is 3. The molecular weight excluding hydrogens is 394 g/mol. The van der Waals surface area contributed by atoms with Gasteiger partial charge < -0.3 is 15.0 Å². The molecule has 5 nitrogen and oxygen atoms in total. The van der Waals surface area contributed by atoms with Gasteiger partial charge in [0.25, 0.3) is 5.91 Å². The third-order valence-electron chi connectivity index (χ3n) is 4.40. The molecule has 1 saturated heterocycles. The van der Waals surface area contributed by atoms with Crippen LogP contribution < -0.4 is 10.1 Å². The second kappa shape index (κ2) is 8.15. The zero-order chi connectivity index (χ0) is 19.6. The van der Waals surface area contributed by atoms with Gasteiger partial charge in [0.15, 0.2) is 0 Å². The molecule has 0 bridgehead atoms. The average molecular weight is 411 g/mol. The molecule has 142 valence electrons. The van der Waals surface area contributed by atoms with E-state index in [0.717, 1.165) is 6.07 Å². The first-order valence-corrected chi connectivity index (χ1v) is 9.06. The Kier molecular flexibility index (Phi) is 5.87. The molecule has 0 unspecified atom stereocenters. The van der Waals surface area contributed by atoms with Crippen molar-refractivity contribution in [2.45, 2.75) is 18.9 Å². The predicted octanol–water partition coefficient (Wildman–Crippen LogP) is 4.38. The summed E-state index contributed by atoms with van der Waals surface area (Å²) in [6, 6.07) is 7.80. The van der Waals surface area contributed by atoms with Crippen molar-refractivity contribution in [2.24, 2.45) is 0 Å². The minimum atomic E-state index is -0.665. The fourth-order valence-corrected chi connectivity index (χ4v) is 3.48. The lowest BCUT2D eigenvalue weighted by Gasteiger charge is -2.25. The minimum absolute atomic E-state index is 0.0933. The Hall–Kier alpha value is -2.31. The molecule has 1 heterocycles. The van der Waals surface area contributed by atoms with E-state index >= 15 is 0 Å². The zero-order valence-electron chi connectivity index (χ0n) is 14.5. The number of nitrogens with one attached hydrogen (secondary N) is 1. The number of carbonyl (C=O) groups excluding carboxylic acids is 2. The fourth-order valence-electron chi connectivity index (χ4n) is 3.09. The summed E-state index contributed by atoms with van der Waals surface area (Å²) in [5, 5.41) is 3.16. The van der Waals surface area contributed by atoms with Crippen LogP contribution in [-0.2, 0) is 4.79 Å². The maximum atomic E-state index is 13.2. The topological polar surface area (TPSA) is 58.6 Å². The van der Waals surface area contributed by atoms with Gasteiger partial charge >= 0.3 is 0 Å². The van der Waals surface area contributed by atoms with E-state index in [9.17, 15) is 14.0 Å². The molecule has 2 aromatic carbocycles. The van der Waals surface area contributed by atoms with Crippen LogP contribution >= 0.6 is 23.2 Å². The van der Waals surface area contributed by atoms with Crippen molar-refractivity contribution >= 4 is 40.7 Å². The van der Waals surface area contributed by atoms with Crippen molar-refractivity contribution in [3.8, 4) is 5.75 Å². The van der Waals surface area contributed by atoms with Crippen LogP contribution in [0.15, 0.2) is 36.4 Å². The van der Waals surface area contributed by atoms with E-state index in [1.165, 1.54) is 30.2 Å². The second-order valence-corrected chi connectivity index (χ2v) is 6.96. The van der Waals surface area contributed by atoms with E-state index in [0.29, 0.717) is 41.4 Å². The summed E-state index contributed by atoms with van der Waals surface area (Å²) < 4.78 is 18.4. The molecule has 0 spiro atoms. The normalized spacial score (nSPS) is 16.3. The molecular formula is C19H17Cl2FN2O3. The Bertz CT molecular complexity index is 891. The molecule has 27 heavy (non-hydrogen) atoms. The number of ether oxygens (including phenoxy) is 1. The van der Waals surface area contributed by atoms with Gasteiger partial charge in [-0.15, -0.1) is 0 Å². The first kappa shape index (κ1) is 19.5. The summed E-state index contributed by atoms with van der Waals surface area (Å²) in [5.74, 6) is -0.826. The summed E-state index contributed by atoms with van der Waals surface area (Å²) in [4.78, 5) is 27.2. The van der Waals surface area contributed by atoms with Crippen LogP contribution in [0.2, 0.25) is 10.0 Å². The quantitative estimate of drug-likeness (QED) is 0.812. The van der Waals surface area contributed by atoms with E-state index in [1.807, 2.05) is 0 Å². The number of methoxy groups -OCH3 is 1. The van der Waals surface area contributed by atoms with Gasteiger partial charge in [0.1, 0.15) is 17.6 Å². The number of carbonyl (C=O) groups is 2. The number of anilines is 1. The number of benzene rings is 2. The number of nitrogens with zero attached hydrogens (tertiary/aromatic N) is 1. The van der Waals surface area contributed by atoms with Gasteiger partial charge in [0, 0.05) is 11.6 Å². The van der Waals surface area contributed by atoms with Crippen molar-refractivity contribution in [3.63, 3.8) is 0 Å². The summed E-state index contributed by atoms with van der Waals surface area (Å²) in [6.07, 6.45) is 1.20. The summed E-state index contributed by atoms with van der Waals surface area (Å²) in [5.41, 5.74) is 0.590. The van der Waals surface area contributed by atoms with Gasteiger partial charge in [0.2, 0.25) is 5.91 Å². The summed E-state index contributed by atoms with van der Waals surface area (Å²) >= 11 is 12.0. The average Bonchev–Trinajstić information content (AvgIpc) is 3.13. The Morgan fingerprint density at radius 1 is 1.22 bits per heavy atom. The molecule has 2 aromatic rings. The molecule has 1 atom stereocenters. The lowest BCUT2D eigenvalue weighted by molar-refractivity contribution is -0.119. The van der Waals surface area contributed by atoms with E-state index in [-0.39, 0.29) is 16.8 Å². The molecule has 1 aliphatic rings. The molecule has 3 rings (SSSR count). The molecule has 0 radical (unpaired) electrons. The number of rotatable bonds is 4. The minimum Gasteiger partial charge on any atom is -0.496 e. The number of hydrogen-bond donors (Lipinski definition) is 1. The molecule has 1 N–H and O–H groups in total. The van der Waals surface area contributed by atoms with Crippen LogP contribution in [-0.4, -0.2) is 36.4 Å². The first-order valence-electron chi connectivity index (χ1n) is 8.31. The molecule has 0 aliphatic carbocycles. The third-order valence-corrected chi connectivity index (χ3v) is 4.95. The lowest BCUT2D eigenvalue weighted by atomic mass is 10.1. The monoisotopic (exact) mass is 410 g/mol. The first-order chi connectivity index (χ1) is 12.9. The maximum Gasteiger partial charge on any atom is 0.258 e. The van der Waals surface area contributed by atoms with Gasteiger partial charge in [-0.1, -0.05) is 23.2 Å². The summed E-state index contributed by atoms with van der Waals surface area (Å²) in [7, 11) is 1.46. The van der Waals surface area contributed by atoms with E-state index in [2.05, 4.69) is 5.32 Å². The van der Waals surface area contributed by atoms with E-state index in [4.69, 9.17) is 27.9 Å². The van der Waals surface area contributed by atoms with Crippen LogP contribution in [0, 0.1) is 5.82 Å². The van der Waals surface area contributed by atoms with Crippen molar-refractivity contribution in [3.05, 3.63) is 57.8 Å². The van der Waals surface area contributed by atoms with Gasteiger partial charge in [-0.2, -0.15) is 0 Å². The Morgan fingerprint density at radius 3 is 2.70 bits per heavy atom. The van der Waals surface area contributed by atoms with Crippen molar-refractivity contribution < 1.29 is 18.7 Å². The second-order valence-electron chi connectivity index (χ2n) is 6.11. The van der Waals surface area contributed by atoms with Crippen molar-refractivity contribution in [1.82, 2.24) is 4.90 Å². The molecule has 1 fully saturated rings. The summed E-state index contributed by atoms with van der Waals surface area (Å²) in [6.45, 7) is 0.434. The van der Waals surface area contributed by atoms with Crippen molar-refractivity contribution in [2.75, 3.05) is 19.0 Å². The largest absolute Gasteiger partial charge is 0.496 e. The number of likely N-dealkylation sites (tertiary alicyclic amines) is 1. The Labute approximate surface area is 166 Å². The molecule has 0 aromatic heterocycles. The highest BCUT2D eigenvalue weighted by atomic mass is 35.5. The van der Waals surface area contributed by atoms with Crippen LogP contribution in [0.5, 0.6) is 5.75 Å². The van der Waals surface area contributed by atoms with Gasteiger partial charge in [-0.3, -0.25) is 9.59 Å². The standard InChI is InChI=1S/C19H17Cl2FN2O3/c1-27-17-7-4-11(20)9-13(17)19(26)24-8-2-3-16(24)18(25)23-15-6-5-12(22)10-14(15)21/h4-7,9-10,16H,2-3,8H2,1H3,(H,23,25)/t16-/m1/s1. The number of amides is 2. The van der Waals surface area contributed by atoms with Crippen molar-refractivity contribution in [1.29, 1.82) is 0 Å². The Morgan fingerprint density at radius 2 is 2.00 bits per heavy atom. The predicted molar refractivity (Wildman–Crippen MR) is 102 cm³/mol. The maximum absolute atomic E-state index is 13.2. The van der Waals surface area contributed by atoms with E-state index in [1.54, 1.807) is 12.1 Å². The molecule has 2 amide bonds.